The van der Waals surface area contributed by atoms with Gasteiger partial charge in [-0.05, 0) is 43.3 Å². The number of rotatable bonds is 6. The Bertz CT molecular complexity index is 847. The first-order chi connectivity index (χ1) is 12.7. The topological polar surface area (TPSA) is 80.5 Å². The van der Waals surface area contributed by atoms with E-state index in [1.165, 1.54) is 4.90 Å². The summed E-state index contributed by atoms with van der Waals surface area (Å²) in [5, 5.41) is 6.78. The lowest BCUT2D eigenvalue weighted by molar-refractivity contribution is 0.213. The first-order valence-corrected chi connectivity index (χ1v) is 8.28. The molecule has 0 aliphatic rings. The van der Waals surface area contributed by atoms with Crippen LogP contribution in [0.4, 0.5) is 10.5 Å². The molecule has 3 rings (SSSR count). The standard InChI is InChI=1S/C19H20N4O3/c1-3-25-16-11-9-14(10-12-16)18-21-17(26-22-18)13-23(2)19(24)20-15-7-5-4-6-8-15/h4-12H,3,13H2,1-2H3,(H,20,24). The van der Waals surface area contributed by atoms with Crippen LogP contribution in [0.25, 0.3) is 11.4 Å². The van der Waals surface area contributed by atoms with Crippen molar-refractivity contribution in [3.05, 3.63) is 60.5 Å². The van der Waals surface area contributed by atoms with E-state index in [4.69, 9.17) is 9.26 Å². The van der Waals surface area contributed by atoms with Gasteiger partial charge in [0.25, 0.3) is 0 Å². The van der Waals surface area contributed by atoms with Crippen molar-refractivity contribution in [2.75, 3.05) is 19.0 Å². The largest absolute Gasteiger partial charge is 0.494 e. The molecule has 26 heavy (non-hydrogen) atoms. The van der Waals surface area contributed by atoms with E-state index in [0.717, 1.165) is 17.0 Å². The molecule has 0 radical (unpaired) electrons. The molecule has 0 fully saturated rings. The van der Waals surface area contributed by atoms with E-state index >= 15 is 0 Å². The fraction of sp³-hybridized carbons (Fsp3) is 0.211. The summed E-state index contributed by atoms with van der Waals surface area (Å²) in [6, 6.07) is 16.4. The second-order valence-corrected chi connectivity index (χ2v) is 5.62. The third-order valence-electron chi connectivity index (χ3n) is 3.64. The molecule has 0 aliphatic carbocycles. The van der Waals surface area contributed by atoms with Gasteiger partial charge < -0.3 is 19.5 Å². The molecule has 3 aromatic rings. The first kappa shape index (κ1) is 17.5. The summed E-state index contributed by atoms with van der Waals surface area (Å²) in [5.74, 6) is 1.62. The number of anilines is 1. The molecule has 7 heteroatoms. The smallest absolute Gasteiger partial charge is 0.322 e. The van der Waals surface area contributed by atoms with Crippen LogP contribution in [-0.4, -0.2) is 34.7 Å². The van der Waals surface area contributed by atoms with Crippen molar-refractivity contribution in [1.82, 2.24) is 15.0 Å². The number of aromatic nitrogens is 2. The third-order valence-corrected chi connectivity index (χ3v) is 3.64. The highest BCUT2D eigenvalue weighted by Crippen LogP contribution is 2.20. The number of amides is 2. The van der Waals surface area contributed by atoms with Gasteiger partial charge in [0.05, 0.1) is 6.61 Å². The van der Waals surface area contributed by atoms with Crippen LogP contribution in [0.3, 0.4) is 0 Å². The van der Waals surface area contributed by atoms with E-state index in [2.05, 4.69) is 15.5 Å². The molecule has 0 saturated carbocycles. The van der Waals surface area contributed by atoms with Crippen molar-refractivity contribution in [3.63, 3.8) is 0 Å². The monoisotopic (exact) mass is 352 g/mol. The number of ether oxygens (including phenoxy) is 1. The zero-order valence-corrected chi connectivity index (χ0v) is 14.7. The summed E-state index contributed by atoms with van der Waals surface area (Å²) in [6.07, 6.45) is 0. The van der Waals surface area contributed by atoms with Crippen LogP contribution in [0.5, 0.6) is 5.75 Å². The Labute approximate surface area is 151 Å². The Morgan fingerprint density at radius 3 is 2.58 bits per heavy atom. The minimum absolute atomic E-state index is 0.211. The fourth-order valence-electron chi connectivity index (χ4n) is 2.32. The number of nitrogens with zero attached hydrogens (tertiary/aromatic N) is 3. The summed E-state index contributed by atoms with van der Waals surface area (Å²) in [6.45, 7) is 2.76. The quantitative estimate of drug-likeness (QED) is 0.730. The van der Waals surface area contributed by atoms with E-state index in [9.17, 15) is 4.79 Å². The van der Waals surface area contributed by atoms with E-state index < -0.39 is 0 Å². The minimum atomic E-state index is -0.253. The third kappa shape index (κ3) is 4.38. The van der Waals surface area contributed by atoms with Crippen LogP contribution in [-0.2, 0) is 6.54 Å². The van der Waals surface area contributed by atoms with Crippen LogP contribution in [0.15, 0.2) is 59.1 Å². The van der Waals surface area contributed by atoms with Crippen molar-refractivity contribution in [1.29, 1.82) is 0 Å². The molecule has 7 nitrogen and oxygen atoms in total. The summed E-state index contributed by atoms with van der Waals surface area (Å²) in [5.41, 5.74) is 1.55. The number of carbonyl (C=O) groups is 1. The molecule has 0 unspecified atom stereocenters. The van der Waals surface area contributed by atoms with Crippen LogP contribution in [0.1, 0.15) is 12.8 Å². The summed E-state index contributed by atoms with van der Waals surface area (Å²) >= 11 is 0. The summed E-state index contributed by atoms with van der Waals surface area (Å²) < 4.78 is 10.7. The van der Waals surface area contributed by atoms with E-state index in [1.54, 1.807) is 7.05 Å². The van der Waals surface area contributed by atoms with Crippen LogP contribution in [0, 0.1) is 0 Å². The Morgan fingerprint density at radius 2 is 1.88 bits per heavy atom. The predicted octanol–water partition coefficient (Wildman–Crippen LogP) is 3.80. The highest BCUT2D eigenvalue weighted by atomic mass is 16.5. The van der Waals surface area contributed by atoms with Gasteiger partial charge in [-0.3, -0.25) is 0 Å². The van der Waals surface area contributed by atoms with E-state index in [1.807, 2.05) is 61.5 Å². The lowest BCUT2D eigenvalue weighted by Gasteiger charge is -2.15. The molecule has 2 aromatic carbocycles. The Morgan fingerprint density at radius 1 is 1.15 bits per heavy atom. The normalized spacial score (nSPS) is 10.4. The number of carbonyl (C=O) groups excluding carboxylic acids is 1. The Kier molecular flexibility index (Phi) is 5.48. The predicted molar refractivity (Wildman–Crippen MR) is 97.8 cm³/mol. The van der Waals surface area contributed by atoms with Gasteiger partial charge in [0.1, 0.15) is 12.3 Å². The maximum Gasteiger partial charge on any atom is 0.322 e. The fourth-order valence-corrected chi connectivity index (χ4v) is 2.32. The molecule has 0 aliphatic heterocycles. The minimum Gasteiger partial charge on any atom is -0.494 e. The molecule has 1 heterocycles. The molecular formula is C19H20N4O3. The summed E-state index contributed by atoms with van der Waals surface area (Å²) in [4.78, 5) is 18.0. The Hall–Kier alpha value is -3.35. The molecule has 134 valence electrons. The van der Waals surface area contributed by atoms with Crippen LogP contribution >= 0.6 is 0 Å². The Balaban J connectivity index is 1.61. The molecular weight excluding hydrogens is 332 g/mol. The van der Waals surface area contributed by atoms with Crippen molar-refractivity contribution in [3.8, 4) is 17.1 Å². The molecule has 2 amide bonds. The number of nitrogens with one attached hydrogen (secondary N) is 1. The van der Waals surface area contributed by atoms with Crippen molar-refractivity contribution >= 4 is 11.7 Å². The molecule has 0 atom stereocenters. The number of hydrogen-bond donors (Lipinski definition) is 1. The molecule has 1 aromatic heterocycles. The lowest BCUT2D eigenvalue weighted by atomic mass is 10.2. The molecule has 0 saturated heterocycles. The van der Waals surface area contributed by atoms with Gasteiger partial charge in [0.2, 0.25) is 11.7 Å². The van der Waals surface area contributed by atoms with Gasteiger partial charge in [-0.1, -0.05) is 23.4 Å². The second-order valence-electron chi connectivity index (χ2n) is 5.62. The number of benzene rings is 2. The van der Waals surface area contributed by atoms with Crippen LogP contribution in [0.2, 0.25) is 0 Å². The zero-order chi connectivity index (χ0) is 18.4. The highest BCUT2D eigenvalue weighted by Gasteiger charge is 2.15. The average Bonchev–Trinajstić information content (AvgIpc) is 3.12. The van der Waals surface area contributed by atoms with Gasteiger partial charge >= 0.3 is 6.03 Å². The number of hydrogen-bond acceptors (Lipinski definition) is 5. The second kappa shape index (κ2) is 8.15. The van der Waals surface area contributed by atoms with Gasteiger partial charge in [0, 0.05) is 18.3 Å². The molecule has 1 N–H and O–H groups in total. The lowest BCUT2D eigenvalue weighted by Crippen LogP contribution is -2.30. The highest BCUT2D eigenvalue weighted by molar-refractivity contribution is 5.88. The van der Waals surface area contributed by atoms with Gasteiger partial charge in [-0.25, -0.2) is 4.79 Å². The van der Waals surface area contributed by atoms with Gasteiger partial charge in [-0.2, -0.15) is 4.98 Å². The SMILES string of the molecule is CCOc1ccc(-c2noc(CN(C)C(=O)Nc3ccccc3)n2)cc1. The maximum absolute atomic E-state index is 12.2. The molecule has 0 bridgehead atoms. The zero-order valence-electron chi connectivity index (χ0n) is 14.7. The first-order valence-electron chi connectivity index (χ1n) is 8.28. The van der Waals surface area contributed by atoms with Crippen LogP contribution < -0.4 is 10.1 Å². The van der Waals surface area contributed by atoms with Crippen molar-refractivity contribution in [2.45, 2.75) is 13.5 Å². The van der Waals surface area contributed by atoms with E-state index in [-0.39, 0.29) is 12.6 Å². The average molecular weight is 352 g/mol. The van der Waals surface area contributed by atoms with Crippen molar-refractivity contribution < 1.29 is 14.1 Å². The number of para-hydroxylation sites is 1. The molecule has 0 spiro atoms. The van der Waals surface area contributed by atoms with Crippen molar-refractivity contribution in [2.24, 2.45) is 0 Å². The van der Waals surface area contributed by atoms with Gasteiger partial charge in [-0.15, -0.1) is 0 Å². The summed E-state index contributed by atoms with van der Waals surface area (Å²) in [7, 11) is 1.67. The number of urea groups is 1. The van der Waals surface area contributed by atoms with Gasteiger partial charge in [0.15, 0.2) is 0 Å². The van der Waals surface area contributed by atoms with E-state index in [0.29, 0.717) is 18.3 Å². The maximum atomic E-state index is 12.2.